The van der Waals surface area contributed by atoms with Crippen molar-refractivity contribution in [1.29, 1.82) is 0 Å². The summed E-state index contributed by atoms with van der Waals surface area (Å²) >= 11 is 0. The van der Waals surface area contributed by atoms with Crippen molar-refractivity contribution in [2.24, 2.45) is 11.8 Å². The van der Waals surface area contributed by atoms with Crippen molar-refractivity contribution in [1.82, 2.24) is 0 Å². The number of hydrogen-bond acceptors (Lipinski definition) is 7. The Morgan fingerprint density at radius 2 is 1.53 bits per heavy atom. The Balaban J connectivity index is 1.34. The molecule has 0 atom stereocenters. The number of esters is 2. The molecule has 3 rings (SSSR count). The van der Waals surface area contributed by atoms with Gasteiger partial charge in [0.15, 0.2) is 0 Å². The maximum absolute atomic E-state index is 12.0. The molecule has 0 spiro atoms. The summed E-state index contributed by atoms with van der Waals surface area (Å²) in [6.07, 6.45) is 9.40. The minimum atomic E-state index is -0.582. The van der Waals surface area contributed by atoms with Crippen molar-refractivity contribution >= 4 is 29.4 Å². The molecule has 7 heteroatoms. The fourth-order valence-corrected chi connectivity index (χ4v) is 4.06. The molecule has 0 aliphatic heterocycles. The van der Waals surface area contributed by atoms with Crippen molar-refractivity contribution in [3.8, 4) is 5.75 Å². The van der Waals surface area contributed by atoms with Crippen LogP contribution in [0.25, 0.3) is 6.08 Å². The normalized spacial score (nSPS) is 17.9. The maximum Gasteiger partial charge on any atom is 0.338 e. The van der Waals surface area contributed by atoms with Crippen LogP contribution < -0.4 is 16.2 Å². The molecule has 0 unspecified atom stereocenters. The van der Waals surface area contributed by atoms with Gasteiger partial charge in [0.1, 0.15) is 19.0 Å². The molecule has 1 aliphatic rings. The zero-order chi connectivity index (χ0) is 24.3. The Kier molecular flexibility index (Phi) is 9.38. The van der Waals surface area contributed by atoms with Crippen LogP contribution in [0.2, 0.25) is 0 Å². The van der Waals surface area contributed by atoms with Gasteiger partial charge in [0, 0.05) is 17.5 Å². The van der Waals surface area contributed by atoms with Crippen molar-refractivity contribution in [2.45, 2.75) is 39.0 Å². The molecule has 0 aromatic heterocycles. The van der Waals surface area contributed by atoms with Crippen LogP contribution in [0, 0.1) is 11.8 Å². The predicted octanol–water partition coefficient (Wildman–Crippen LogP) is 4.86. The molecule has 0 bridgehead atoms. The lowest BCUT2D eigenvalue weighted by molar-refractivity contribution is -0.138. The van der Waals surface area contributed by atoms with Gasteiger partial charge in [-0.3, -0.25) is 0 Å². The number of ether oxygens (including phenoxy) is 3. The monoisotopic (exact) mass is 466 g/mol. The number of anilines is 2. The van der Waals surface area contributed by atoms with Crippen LogP contribution >= 0.6 is 0 Å². The molecule has 7 nitrogen and oxygen atoms in total. The summed E-state index contributed by atoms with van der Waals surface area (Å²) in [6, 6.07) is 12.1. The van der Waals surface area contributed by atoms with Gasteiger partial charge in [-0.25, -0.2) is 9.59 Å². The van der Waals surface area contributed by atoms with Crippen molar-refractivity contribution in [3.63, 3.8) is 0 Å². The molecule has 1 fully saturated rings. The van der Waals surface area contributed by atoms with Gasteiger partial charge < -0.3 is 25.7 Å². The summed E-state index contributed by atoms with van der Waals surface area (Å²) in [7, 11) is 0. The third-order valence-corrected chi connectivity index (χ3v) is 6.10. The highest BCUT2D eigenvalue weighted by Gasteiger charge is 2.20. The summed E-state index contributed by atoms with van der Waals surface area (Å²) < 4.78 is 16.1. The number of carbonyl (C=O) groups is 2. The molecule has 0 amide bonds. The number of rotatable bonds is 10. The van der Waals surface area contributed by atoms with E-state index in [0.717, 1.165) is 23.8 Å². The largest absolute Gasteiger partial charge is 0.493 e. The molecule has 182 valence electrons. The van der Waals surface area contributed by atoms with Crippen LogP contribution in [0.5, 0.6) is 5.75 Å². The van der Waals surface area contributed by atoms with Gasteiger partial charge in [0.05, 0.1) is 12.2 Å². The summed E-state index contributed by atoms with van der Waals surface area (Å²) in [5.74, 6) is 1.26. The van der Waals surface area contributed by atoms with E-state index in [1.807, 2.05) is 24.3 Å². The topological polar surface area (TPSA) is 114 Å². The lowest BCUT2D eigenvalue weighted by Gasteiger charge is -2.27. The first-order valence-corrected chi connectivity index (χ1v) is 11.8. The van der Waals surface area contributed by atoms with Crippen LogP contribution in [0.1, 0.15) is 54.9 Å². The van der Waals surface area contributed by atoms with E-state index in [1.54, 1.807) is 12.1 Å². The zero-order valence-corrected chi connectivity index (χ0v) is 19.7. The lowest BCUT2D eigenvalue weighted by atomic mass is 9.81. The Bertz CT molecular complexity index is 959. The van der Waals surface area contributed by atoms with Gasteiger partial charge in [-0.15, -0.1) is 0 Å². The molecule has 34 heavy (non-hydrogen) atoms. The highest BCUT2D eigenvalue weighted by atomic mass is 16.6. The molecule has 4 N–H and O–H groups in total. The molecule has 0 heterocycles. The summed E-state index contributed by atoms with van der Waals surface area (Å²) in [5, 5.41) is 0. The Morgan fingerprint density at radius 1 is 0.912 bits per heavy atom. The third kappa shape index (κ3) is 8.14. The molecular weight excluding hydrogens is 432 g/mol. The van der Waals surface area contributed by atoms with Gasteiger partial charge in [0.2, 0.25) is 0 Å². The smallest absolute Gasteiger partial charge is 0.338 e. The maximum atomic E-state index is 12.0. The van der Waals surface area contributed by atoms with Crippen LogP contribution in [-0.2, 0) is 14.3 Å². The standard InChI is InChI=1S/C27H34N2O5/c1-2-19-3-5-21(6-4-19)18-34-25-10-7-20(8-11-25)9-12-26(30)32-13-14-33-27(31)22-15-23(28)17-24(29)16-22/h7-12,15-17,19,21H,2-6,13-14,18,28-29H2,1H3. The van der Waals surface area contributed by atoms with E-state index in [0.29, 0.717) is 17.3 Å². The van der Waals surface area contributed by atoms with Gasteiger partial charge in [-0.1, -0.05) is 38.3 Å². The SMILES string of the molecule is CCC1CCC(COc2ccc(C=CC(=O)OCCOC(=O)c3cc(N)cc(N)c3)cc2)CC1. The highest BCUT2D eigenvalue weighted by Crippen LogP contribution is 2.31. The first-order chi connectivity index (χ1) is 16.4. The van der Waals surface area contributed by atoms with Gasteiger partial charge >= 0.3 is 11.9 Å². The average molecular weight is 467 g/mol. The Hall–Kier alpha value is -3.48. The fraction of sp³-hybridized carbons (Fsp3) is 0.407. The summed E-state index contributed by atoms with van der Waals surface area (Å²) in [6.45, 7) is 2.90. The first-order valence-electron chi connectivity index (χ1n) is 11.8. The molecule has 1 aliphatic carbocycles. The predicted molar refractivity (Wildman–Crippen MR) is 133 cm³/mol. The van der Waals surface area contributed by atoms with Crippen molar-refractivity contribution in [2.75, 3.05) is 31.3 Å². The number of benzene rings is 2. The molecule has 2 aromatic rings. The zero-order valence-electron chi connectivity index (χ0n) is 19.7. The third-order valence-electron chi connectivity index (χ3n) is 6.10. The Morgan fingerprint density at radius 3 is 2.18 bits per heavy atom. The van der Waals surface area contributed by atoms with Crippen molar-refractivity contribution in [3.05, 3.63) is 59.7 Å². The van der Waals surface area contributed by atoms with E-state index in [2.05, 4.69) is 6.92 Å². The van der Waals surface area contributed by atoms with Crippen LogP contribution in [0.15, 0.2) is 48.5 Å². The van der Waals surface area contributed by atoms with E-state index >= 15 is 0 Å². The number of nitrogens with two attached hydrogens (primary N) is 2. The second-order valence-electron chi connectivity index (χ2n) is 8.70. The summed E-state index contributed by atoms with van der Waals surface area (Å²) in [4.78, 5) is 23.9. The fourth-order valence-electron chi connectivity index (χ4n) is 4.06. The summed E-state index contributed by atoms with van der Waals surface area (Å²) in [5.41, 5.74) is 13.2. The van der Waals surface area contributed by atoms with Crippen molar-refractivity contribution < 1.29 is 23.8 Å². The van der Waals surface area contributed by atoms with E-state index in [9.17, 15) is 9.59 Å². The minimum Gasteiger partial charge on any atom is -0.493 e. The van der Waals surface area contributed by atoms with E-state index in [4.69, 9.17) is 25.7 Å². The molecule has 1 saturated carbocycles. The quantitative estimate of drug-likeness (QED) is 0.222. The highest BCUT2D eigenvalue weighted by molar-refractivity contribution is 5.91. The second-order valence-corrected chi connectivity index (χ2v) is 8.70. The first kappa shape index (κ1) is 25.1. The van der Waals surface area contributed by atoms with Crippen LogP contribution in [0.4, 0.5) is 11.4 Å². The minimum absolute atomic E-state index is 0.0559. The second kappa shape index (κ2) is 12.7. The Labute approximate surface area is 201 Å². The van der Waals surface area contributed by atoms with Gasteiger partial charge in [-0.05, 0) is 66.6 Å². The van der Waals surface area contributed by atoms with Gasteiger partial charge in [0.25, 0.3) is 0 Å². The molecular formula is C27H34N2O5. The molecule has 0 saturated heterocycles. The molecule has 0 radical (unpaired) electrons. The van der Waals surface area contributed by atoms with E-state index in [-0.39, 0.29) is 18.8 Å². The lowest BCUT2D eigenvalue weighted by Crippen LogP contribution is -2.19. The number of hydrogen-bond donors (Lipinski definition) is 2. The molecule has 2 aromatic carbocycles. The number of nitrogen functional groups attached to an aromatic ring is 2. The van der Waals surface area contributed by atoms with Gasteiger partial charge in [-0.2, -0.15) is 0 Å². The van der Waals surface area contributed by atoms with E-state index < -0.39 is 11.9 Å². The van der Waals surface area contributed by atoms with Crippen LogP contribution in [0.3, 0.4) is 0 Å². The van der Waals surface area contributed by atoms with Crippen LogP contribution in [-0.4, -0.2) is 31.8 Å². The average Bonchev–Trinajstić information content (AvgIpc) is 2.84. The van der Waals surface area contributed by atoms with E-state index in [1.165, 1.54) is 50.3 Å². The number of carbonyl (C=O) groups excluding carboxylic acids is 2.